The van der Waals surface area contributed by atoms with Crippen LogP contribution in [0.25, 0.3) is 54.6 Å². The largest absolute Gasteiger partial charge is 0.456 e. The normalized spacial score (nSPS) is 12.0. The molecule has 0 fully saturated rings. The summed E-state index contributed by atoms with van der Waals surface area (Å²) >= 11 is 0. The van der Waals surface area contributed by atoms with E-state index < -0.39 is 0 Å². The van der Waals surface area contributed by atoms with Crippen molar-refractivity contribution in [3.05, 3.63) is 151 Å². The molecule has 0 amide bonds. The summed E-state index contributed by atoms with van der Waals surface area (Å²) in [5.41, 5.74) is 6.45. The zero-order valence-electron chi connectivity index (χ0n) is 25.2. The minimum Gasteiger partial charge on any atom is -0.456 e. The Morgan fingerprint density at radius 2 is 1.05 bits per heavy atom. The van der Waals surface area contributed by atoms with E-state index in [0.29, 0.717) is 0 Å². The number of para-hydroxylation sites is 1. The van der Waals surface area contributed by atoms with E-state index >= 15 is 0 Å². The van der Waals surface area contributed by atoms with Crippen LogP contribution in [0, 0.1) is 0 Å². The second-order valence-electron chi connectivity index (χ2n) is 12.7. The Hall–Kier alpha value is -5.34. The van der Waals surface area contributed by atoms with Crippen LogP contribution in [-0.2, 0) is 5.41 Å². The highest BCUT2D eigenvalue weighted by atomic mass is 16.3. The number of anilines is 3. The van der Waals surface area contributed by atoms with Crippen LogP contribution in [0.2, 0.25) is 0 Å². The molecule has 0 aliphatic carbocycles. The van der Waals surface area contributed by atoms with Gasteiger partial charge >= 0.3 is 0 Å². The van der Waals surface area contributed by atoms with E-state index in [9.17, 15) is 0 Å². The molecule has 44 heavy (non-hydrogen) atoms. The highest BCUT2D eigenvalue weighted by Crippen LogP contribution is 2.44. The quantitative estimate of drug-likeness (QED) is 0.197. The molecular formula is C42H33NO. The number of hydrogen-bond donors (Lipinski definition) is 0. The molecule has 2 heteroatoms. The SMILES string of the molecule is CC(C)(C)c1c(-c2cccc(N(c3ccc4ccccc4c3)c3ccc4c(ccc5ccccc54)c3)c2)oc2ccccc12. The van der Waals surface area contributed by atoms with Crippen molar-refractivity contribution in [2.45, 2.75) is 26.2 Å². The van der Waals surface area contributed by atoms with E-state index in [0.717, 1.165) is 34.0 Å². The Kier molecular flexibility index (Phi) is 6.06. The van der Waals surface area contributed by atoms with Crippen molar-refractivity contribution in [2.24, 2.45) is 0 Å². The number of benzene rings is 7. The predicted molar refractivity (Wildman–Crippen MR) is 188 cm³/mol. The zero-order valence-corrected chi connectivity index (χ0v) is 25.2. The van der Waals surface area contributed by atoms with Gasteiger partial charge in [0.25, 0.3) is 0 Å². The molecule has 212 valence electrons. The second-order valence-corrected chi connectivity index (χ2v) is 12.7. The number of rotatable bonds is 4. The summed E-state index contributed by atoms with van der Waals surface area (Å²) in [5, 5.41) is 8.63. The van der Waals surface area contributed by atoms with Crippen LogP contribution in [-0.4, -0.2) is 0 Å². The Morgan fingerprint density at radius 3 is 1.86 bits per heavy atom. The van der Waals surface area contributed by atoms with Crippen molar-refractivity contribution < 1.29 is 4.42 Å². The second kappa shape index (κ2) is 10.1. The lowest BCUT2D eigenvalue weighted by Crippen LogP contribution is -2.12. The van der Waals surface area contributed by atoms with Gasteiger partial charge in [-0.25, -0.2) is 0 Å². The third-order valence-corrected chi connectivity index (χ3v) is 8.69. The molecule has 0 aliphatic heterocycles. The topological polar surface area (TPSA) is 16.4 Å². The maximum absolute atomic E-state index is 6.60. The molecule has 2 nitrogen and oxygen atoms in total. The van der Waals surface area contributed by atoms with Gasteiger partial charge in [-0.1, -0.05) is 124 Å². The maximum Gasteiger partial charge on any atom is 0.139 e. The molecule has 0 unspecified atom stereocenters. The maximum atomic E-state index is 6.60. The van der Waals surface area contributed by atoms with Gasteiger partial charge in [0.15, 0.2) is 0 Å². The van der Waals surface area contributed by atoms with Crippen LogP contribution in [0.15, 0.2) is 150 Å². The number of nitrogens with zero attached hydrogens (tertiary/aromatic N) is 1. The van der Waals surface area contributed by atoms with Crippen molar-refractivity contribution in [2.75, 3.05) is 4.90 Å². The van der Waals surface area contributed by atoms with E-state index in [1.807, 2.05) is 6.07 Å². The van der Waals surface area contributed by atoms with Crippen LogP contribution in [0.1, 0.15) is 26.3 Å². The first-order valence-corrected chi connectivity index (χ1v) is 15.3. The molecule has 0 spiro atoms. The Balaban J connectivity index is 1.34. The van der Waals surface area contributed by atoms with Crippen LogP contribution in [0.4, 0.5) is 17.1 Å². The summed E-state index contributed by atoms with van der Waals surface area (Å²) in [7, 11) is 0. The van der Waals surface area contributed by atoms with Crippen molar-refractivity contribution in [3.8, 4) is 11.3 Å². The van der Waals surface area contributed by atoms with Gasteiger partial charge in [0.2, 0.25) is 0 Å². The lowest BCUT2D eigenvalue weighted by Gasteiger charge is -2.27. The summed E-state index contributed by atoms with van der Waals surface area (Å²) in [6.45, 7) is 6.79. The fraction of sp³-hybridized carbons (Fsp3) is 0.0952. The van der Waals surface area contributed by atoms with Crippen LogP contribution < -0.4 is 4.90 Å². The van der Waals surface area contributed by atoms with E-state index in [4.69, 9.17) is 4.42 Å². The number of fused-ring (bicyclic) bond motifs is 5. The molecule has 7 aromatic carbocycles. The van der Waals surface area contributed by atoms with Gasteiger partial charge in [-0.2, -0.15) is 0 Å². The first kappa shape index (κ1) is 26.3. The Morgan fingerprint density at radius 1 is 0.455 bits per heavy atom. The molecule has 8 rings (SSSR count). The van der Waals surface area contributed by atoms with Gasteiger partial charge in [-0.05, 0) is 80.2 Å². The summed E-state index contributed by atoms with van der Waals surface area (Å²) in [6.07, 6.45) is 0. The molecule has 0 N–H and O–H groups in total. The third kappa shape index (κ3) is 4.42. The van der Waals surface area contributed by atoms with Crippen LogP contribution in [0.5, 0.6) is 0 Å². The molecule has 0 aliphatic rings. The van der Waals surface area contributed by atoms with Crippen LogP contribution in [0.3, 0.4) is 0 Å². The van der Waals surface area contributed by atoms with Crippen molar-refractivity contribution >= 4 is 60.3 Å². The first-order chi connectivity index (χ1) is 21.4. The molecule has 0 saturated carbocycles. The lowest BCUT2D eigenvalue weighted by molar-refractivity contribution is 0.568. The number of hydrogen-bond acceptors (Lipinski definition) is 2. The minimum atomic E-state index is -0.0862. The van der Waals surface area contributed by atoms with Crippen molar-refractivity contribution in [1.29, 1.82) is 0 Å². The van der Waals surface area contributed by atoms with Crippen molar-refractivity contribution in [1.82, 2.24) is 0 Å². The zero-order chi connectivity index (χ0) is 29.8. The first-order valence-electron chi connectivity index (χ1n) is 15.3. The van der Waals surface area contributed by atoms with Gasteiger partial charge in [0.1, 0.15) is 11.3 Å². The lowest BCUT2D eigenvalue weighted by atomic mass is 9.83. The molecule has 0 bridgehead atoms. The van der Waals surface area contributed by atoms with E-state index in [1.54, 1.807) is 0 Å². The molecule has 0 saturated heterocycles. The third-order valence-electron chi connectivity index (χ3n) is 8.69. The van der Waals surface area contributed by atoms with Gasteiger partial charge in [-0.3, -0.25) is 0 Å². The molecule has 0 atom stereocenters. The summed E-state index contributed by atoms with van der Waals surface area (Å²) in [4.78, 5) is 2.37. The summed E-state index contributed by atoms with van der Waals surface area (Å²) in [6, 6.07) is 52.3. The van der Waals surface area contributed by atoms with Gasteiger partial charge in [0, 0.05) is 33.6 Å². The highest BCUT2D eigenvalue weighted by Gasteiger charge is 2.26. The predicted octanol–water partition coefficient (Wildman–Crippen LogP) is 12.3. The van der Waals surface area contributed by atoms with E-state index in [2.05, 4.69) is 165 Å². The monoisotopic (exact) mass is 567 g/mol. The summed E-state index contributed by atoms with van der Waals surface area (Å²) < 4.78 is 6.60. The molecule has 0 radical (unpaired) electrons. The van der Waals surface area contributed by atoms with Gasteiger partial charge in [-0.15, -0.1) is 0 Å². The van der Waals surface area contributed by atoms with Crippen LogP contribution >= 0.6 is 0 Å². The van der Waals surface area contributed by atoms with E-state index in [-0.39, 0.29) is 5.41 Å². The summed E-state index contributed by atoms with van der Waals surface area (Å²) in [5.74, 6) is 0.934. The molecule has 1 heterocycles. The molecule has 1 aromatic heterocycles. The average Bonchev–Trinajstić information content (AvgIpc) is 3.46. The fourth-order valence-electron chi connectivity index (χ4n) is 6.68. The van der Waals surface area contributed by atoms with Gasteiger partial charge in [0.05, 0.1) is 0 Å². The van der Waals surface area contributed by atoms with Gasteiger partial charge < -0.3 is 9.32 Å². The van der Waals surface area contributed by atoms with Crippen molar-refractivity contribution in [3.63, 3.8) is 0 Å². The Labute approximate surface area is 257 Å². The molecular weight excluding hydrogens is 534 g/mol. The standard InChI is InChI=1S/C42H33NO/c1-42(2,3)40-38-17-8-9-18-39(38)44-41(40)32-14-10-15-33(27-32)43(34-22-21-28-11-4-5-13-30(28)25-34)35-23-24-37-31(26-35)20-19-29-12-6-7-16-36(29)37/h4-27H,1-3H3. The smallest absolute Gasteiger partial charge is 0.139 e. The minimum absolute atomic E-state index is 0.0862. The average molecular weight is 568 g/mol. The number of furan rings is 1. The Bertz CT molecular complexity index is 2340. The van der Waals surface area contributed by atoms with E-state index in [1.165, 1.54) is 43.3 Å². The molecule has 8 aromatic rings. The fourth-order valence-corrected chi connectivity index (χ4v) is 6.68. The highest BCUT2D eigenvalue weighted by molar-refractivity contribution is 6.08.